The van der Waals surface area contributed by atoms with Crippen LogP contribution in [0.1, 0.15) is 24.2 Å². The van der Waals surface area contributed by atoms with E-state index in [9.17, 15) is 4.79 Å². The first-order chi connectivity index (χ1) is 16.0. The van der Waals surface area contributed by atoms with Gasteiger partial charge >= 0.3 is 0 Å². The molecule has 9 nitrogen and oxygen atoms in total. The summed E-state index contributed by atoms with van der Waals surface area (Å²) in [7, 11) is 0. The van der Waals surface area contributed by atoms with Crippen LogP contribution in [0, 0.1) is 5.92 Å². The monoisotopic (exact) mass is 516 g/mol. The van der Waals surface area contributed by atoms with Crippen molar-refractivity contribution in [2.24, 2.45) is 11.7 Å². The lowest BCUT2D eigenvalue weighted by Gasteiger charge is -2.33. The molecule has 0 bridgehead atoms. The summed E-state index contributed by atoms with van der Waals surface area (Å²) in [5.41, 5.74) is 6.54. The van der Waals surface area contributed by atoms with Crippen molar-refractivity contribution in [3.63, 3.8) is 0 Å². The fourth-order valence-electron chi connectivity index (χ4n) is 4.74. The van der Waals surface area contributed by atoms with E-state index in [4.69, 9.17) is 15.0 Å². The maximum atomic E-state index is 11.1. The van der Waals surface area contributed by atoms with Crippen LogP contribution in [0.15, 0.2) is 41.1 Å². The molecule has 3 atom stereocenters. The van der Waals surface area contributed by atoms with Crippen molar-refractivity contribution in [3.05, 3.63) is 48.2 Å². The van der Waals surface area contributed by atoms with E-state index in [1.807, 2.05) is 0 Å². The van der Waals surface area contributed by atoms with Gasteiger partial charge in [-0.3, -0.25) is 14.6 Å². The number of halogens is 1. The second-order valence-corrected chi connectivity index (χ2v) is 10.1. The Labute approximate surface area is 201 Å². The fourth-order valence-corrected chi connectivity index (χ4v) is 5.27. The minimum absolute atomic E-state index is 0.171. The van der Waals surface area contributed by atoms with E-state index in [-0.39, 0.29) is 16.8 Å². The van der Waals surface area contributed by atoms with Crippen LogP contribution in [0.5, 0.6) is 0 Å². The number of nitrogens with two attached hydrogens (primary N) is 1. The van der Waals surface area contributed by atoms with Crippen molar-refractivity contribution in [3.8, 4) is 0 Å². The molecule has 10 heteroatoms. The van der Waals surface area contributed by atoms with Crippen LogP contribution in [0.25, 0.3) is 10.9 Å². The summed E-state index contributed by atoms with van der Waals surface area (Å²) in [5.74, 6) is 1.33. The Morgan fingerprint density at radius 2 is 1.94 bits per heavy atom. The van der Waals surface area contributed by atoms with Crippen molar-refractivity contribution in [1.29, 1.82) is 0 Å². The third kappa shape index (κ3) is 5.29. The third-order valence-electron chi connectivity index (χ3n) is 6.57. The second-order valence-electron chi connectivity index (χ2n) is 8.93. The van der Waals surface area contributed by atoms with Crippen LogP contribution >= 0.6 is 15.9 Å². The molecule has 2 N–H and O–H groups in total. The molecule has 2 fully saturated rings. The topological polar surface area (TPSA) is 103 Å². The maximum Gasteiger partial charge on any atom is 0.240 e. The number of carbonyl (C=O) groups excluding carboxylic acids is 1. The summed E-state index contributed by atoms with van der Waals surface area (Å²) in [4.78, 5) is 20.3. The molecule has 0 saturated carbocycles. The molecular weight excluding hydrogens is 488 g/mol. The lowest BCUT2D eigenvalue weighted by molar-refractivity contribution is -0.119. The van der Waals surface area contributed by atoms with Crippen molar-refractivity contribution >= 4 is 32.7 Å². The largest absolute Gasteiger partial charge is 0.369 e. The Morgan fingerprint density at radius 1 is 1.15 bits per heavy atom. The van der Waals surface area contributed by atoms with Gasteiger partial charge in [0.25, 0.3) is 0 Å². The summed E-state index contributed by atoms with van der Waals surface area (Å²) in [6, 6.07) is 10.6. The van der Waals surface area contributed by atoms with Gasteiger partial charge in [-0.05, 0) is 29.9 Å². The number of primary amides is 1. The van der Waals surface area contributed by atoms with E-state index >= 15 is 0 Å². The van der Waals surface area contributed by atoms with Crippen molar-refractivity contribution in [2.75, 3.05) is 39.3 Å². The highest BCUT2D eigenvalue weighted by atomic mass is 79.9. The number of benzene rings is 1. The molecule has 1 amide bonds. The van der Waals surface area contributed by atoms with Gasteiger partial charge in [0.2, 0.25) is 17.6 Å². The van der Waals surface area contributed by atoms with Gasteiger partial charge in [-0.2, -0.15) is 4.98 Å². The number of aromatic nitrogens is 3. The fraction of sp³-hybridized carbons (Fsp3) is 0.522. The first-order valence-corrected chi connectivity index (χ1v) is 12.3. The van der Waals surface area contributed by atoms with Crippen molar-refractivity contribution in [1.82, 2.24) is 24.5 Å². The molecule has 2 aromatic heterocycles. The van der Waals surface area contributed by atoms with Crippen LogP contribution in [-0.4, -0.2) is 74.6 Å². The van der Waals surface area contributed by atoms with Crippen LogP contribution in [0.4, 0.5) is 0 Å². The highest BCUT2D eigenvalue weighted by molar-refractivity contribution is 9.09. The van der Waals surface area contributed by atoms with E-state index in [1.165, 1.54) is 10.9 Å². The number of alkyl halides is 1. The Hall–Kier alpha value is -2.27. The number of hydrogen-bond acceptors (Lipinski definition) is 7. The number of rotatable bonds is 7. The molecular formula is C23H29BrN6O3. The van der Waals surface area contributed by atoms with E-state index in [0.29, 0.717) is 37.3 Å². The molecule has 1 aromatic carbocycles. The average molecular weight is 517 g/mol. The molecule has 0 radical (unpaired) electrons. The second kappa shape index (κ2) is 9.92. The highest BCUT2D eigenvalue weighted by Gasteiger charge is 2.33. The van der Waals surface area contributed by atoms with E-state index in [2.05, 4.69) is 77.0 Å². The van der Waals surface area contributed by atoms with Crippen molar-refractivity contribution in [2.45, 2.75) is 30.4 Å². The minimum atomic E-state index is -0.286. The van der Waals surface area contributed by atoms with E-state index in [1.54, 1.807) is 0 Å². The molecule has 2 aliphatic heterocycles. The van der Waals surface area contributed by atoms with Crippen LogP contribution in [-0.2, 0) is 22.6 Å². The Kier molecular flexibility index (Phi) is 6.77. The number of nitrogens with zero attached hydrogens (tertiary/aromatic N) is 5. The predicted octanol–water partition coefficient (Wildman–Crippen LogP) is 2.17. The standard InChI is InChI=1S/C23H29BrN6O3/c24-18-15-32-20(11-17(18)12-30-6-5-16-3-1-2-4-19(16)30)23-26-22(33-27-23)14-29-9-7-28(8-10-29)13-21(25)31/h1-6,17-18,20H,7-15H2,(H2,25,31). The van der Waals surface area contributed by atoms with E-state index in [0.717, 1.165) is 39.1 Å². The predicted molar refractivity (Wildman–Crippen MR) is 127 cm³/mol. The molecule has 5 rings (SSSR count). The number of fused-ring (bicyclic) bond motifs is 1. The molecule has 33 heavy (non-hydrogen) atoms. The van der Waals surface area contributed by atoms with Crippen LogP contribution < -0.4 is 5.73 Å². The number of amides is 1. The van der Waals surface area contributed by atoms with E-state index < -0.39 is 0 Å². The van der Waals surface area contributed by atoms with Gasteiger partial charge in [-0.15, -0.1) is 0 Å². The van der Waals surface area contributed by atoms with Gasteiger partial charge in [0, 0.05) is 49.3 Å². The number of carbonyl (C=O) groups is 1. The average Bonchev–Trinajstić information content (AvgIpc) is 3.44. The van der Waals surface area contributed by atoms with Gasteiger partial charge in [0.05, 0.1) is 19.7 Å². The van der Waals surface area contributed by atoms with Gasteiger partial charge in [-0.25, -0.2) is 0 Å². The number of piperazine rings is 1. The Balaban J connectivity index is 1.18. The lowest BCUT2D eigenvalue weighted by Crippen LogP contribution is -2.48. The summed E-state index contributed by atoms with van der Waals surface area (Å²) in [6.45, 7) is 5.71. The highest BCUT2D eigenvalue weighted by Crippen LogP contribution is 2.35. The minimum Gasteiger partial charge on any atom is -0.369 e. The first kappa shape index (κ1) is 22.5. The van der Waals surface area contributed by atoms with Gasteiger partial charge in [0.1, 0.15) is 6.10 Å². The zero-order chi connectivity index (χ0) is 22.8. The molecule has 3 aromatic rings. The molecule has 3 unspecified atom stereocenters. The molecule has 4 heterocycles. The SMILES string of the molecule is NC(=O)CN1CCN(Cc2nc(C3CC(Cn4ccc5ccccc54)C(Br)CO3)no2)CC1. The molecule has 0 aliphatic carbocycles. The molecule has 0 spiro atoms. The normalized spacial score (nSPS) is 24.9. The first-order valence-electron chi connectivity index (χ1n) is 11.4. The van der Waals surface area contributed by atoms with Crippen LogP contribution in [0.2, 0.25) is 0 Å². The molecule has 2 aliphatic rings. The number of hydrogen-bond donors (Lipinski definition) is 1. The molecule has 176 valence electrons. The third-order valence-corrected chi connectivity index (χ3v) is 7.58. The zero-order valence-electron chi connectivity index (χ0n) is 18.5. The zero-order valence-corrected chi connectivity index (χ0v) is 20.1. The van der Waals surface area contributed by atoms with Crippen molar-refractivity contribution < 1.29 is 14.1 Å². The van der Waals surface area contributed by atoms with Gasteiger partial charge < -0.3 is 19.6 Å². The van der Waals surface area contributed by atoms with Gasteiger partial charge in [0.15, 0.2) is 0 Å². The Morgan fingerprint density at radius 3 is 2.76 bits per heavy atom. The quantitative estimate of drug-likeness (QED) is 0.480. The molecule has 2 saturated heterocycles. The Bertz CT molecular complexity index is 1090. The van der Waals surface area contributed by atoms with Gasteiger partial charge in [-0.1, -0.05) is 39.3 Å². The number of ether oxygens (including phenoxy) is 1. The smallest absolute Gasteiger partial charge is 0.240 e. The van der Waals surface area contributed by atoms with Crippen LogP contribution in [0.3, 0.4) is 0 Å². The number of para-hydroxylation sites is 1. The lowest BCUT2D eigenvalue weighted by atomic mass is 9.95. The summed E-state index contributed by atoms with van der Waals surface area (Å²) in [5, 5.41) is 5.49. The summed E-state index contributed by atoms with van der Waals surface area (Å²) in [6.07, 6.45) is 2.81. The maximum absolute atomic E-state index is 11.1. The summed E-state index contributed by atoms with van der Waals surface area (Å²) < 4.78 is 13.9. The summed E-state index contributed by atoms with van der Waals surface area (Å²) >= 11 is 3.81.